The first-order chi connectivity index (χ1) is 14.3. The first-order valence-electron chi connectivity index (χ1n) is 9.43. The van der Waals surface area contributed by atoms with Crippen LogP contribution in [0.5, 0.6) is 0 Å². The number of nitrogens with one attached hydrogen (secondary N) is 1. The molecule has 0 spiro atoms. The highest BCUT2D eigenvalue weighted by molar-refractivity contribution is 5.95. The van der Waals surface area contributed by atoms with Crippen molar-refractivity contribution in [1.29, 1.82) is 0 Å². The van der Waals surface area contributed by atoms with Gasteiger partial charge >= 0.3 is 6.18 Å². The average Bonchev–Trinajstić information content (AvgIpc) is 3.13. The zero-order valence-corrected chi connectivity index (χ0v) is 16.3. The molecule has 30 heavy (non-hydrogen) atoms. The lowest BCUT2D eigenvalue weighted by molar-refractivity contribution is -0.137. The molecular weight excluding hydrogens is 397 g/mol. The number of hydrogen-bond donors (Lipinski definition) is 1. The van der Waals surface area contributed by atoms with Gasteiger partial charge in [-0.1, -0.05) is 24.3 Å². The maximum atomic E-state index is 13.1. The zero-order chi connectivity index (χ0) is 21.7. The molecule has 0 saturated carbocycles. The maximum absolute atomic E-state index is 13.1. The van der Waals surface area contributed by atoms with Gasteiger partial charge in [0.05, 0.1) is 35.2 Å². The Morgan fingerprint density at radius 3 is 2.53 bits per heavy atom. The highest BCUT2D eigenvalue weighted by atomic mass is 19.4. The maximum Gasteiger partial charge on any atom is 0.418 e. The molecule has 6 nitrogen and oxygen atoms in total. The smallest absolute Gasteiger partial charge is 0.334 e. The summed E-state index contributed by atoms with van der Waals surface area (Å²) >= 11 is 0. The molecule has 3 aromatic rings. The minimum absolute atomic E-state index is 0.139. The number of carbonyl (C=O) groups excluding carboxylic acids is 2. The molecular formula is C21H21F3N4O2. The Morgan fingerprint density at radius 2 is 1.80 bits per heavy atom. The molecule has 0 aliphatic rings. The number of para-hydroxylation sites is 3. The van der Waals surface area contributed by atoms with E-state index < -0.39 is 17.6 Å². The van der Waals surface area contributed by atoms with Gasteiger partial charge in [-0.15, -0.1) is 0 Å². The number of aryl methyl sites for hydroxylation is 1. The Labute approximate surface area is 171 Å². The molecule has 0 saturated heterocycles. The SMILES string of the molecule is CCN(CC(=O)Nc1ccccc1C(F)(F)F)C(=O)CCn1cnc2ccccc21. The predicted octanol–water partition coefficient (Wildman–Crippen LogP) is 3.93. The second-order valence-electron chi connectivity index (χ2n) is 6.68. The van der Waals surface area contributed by atoms with E-state index in [2.05, 4.69) is 10.3 Å². The molecule has 3 rings (SSSR count). The molecule has 1 aromatic heterocycles. The molecule has 2 amide bonds. The van der Waals surface area contributed by atoms with Crippen molar-refractivity contribution in [2.45, 2.75) is 26.1 Å². The predicted molar refractivity (Wildman–Crippen MR) is 107 cm³/mol. The summed E-state index contributed by atoms with van der Waals surface area (Å²) < 4.78 is 41.1. The molecule has 0 radical (unpaired) electrons. The van der Waals surface area contributed by atoms with Gasteiger partial charge in [0.1, 0.15) is 0 Å². The Morgan fingerprint density at radius 1 is 1.10 bits per heavy atom. The monoisotopic (exact) mass is 418 g/mol. The molecule has 1 heterocycles. The number of rotatable bonds is 7. The molecule has 0 atom stereocenters. The highest BCUT2D eigenvalue weighted by Crippen LogP contribution is 2.34. The van der Waals surface area contributed by atoms with E-state index in [0.29, 0.717) is 6.54 Å². The summed E-state index contributed by atoms with van der Waals surface area (Å²) in [5.74, 6) is -0.954. The number of likely N-dealkylation sites (N-methyl/N-ethyl adjacent to an activating group) is 1. The van der Waals surface area contributed by atoms with Gasteiger partial charge in [-0.2, -0.15) is 13.2 Å². The minimum atomic E-state index is -4.59. The quantitative estimate of drug-likeness (QED) is 0.632. The third kappa shape index (κ3) is 4.97. The summed E-state index contributed by atoms with van der Waals surface area (Å²) in [6, 6.07) is 12.3. The topological polar surface area (TPSA) is 67.2 Å². The zero-order valence-electron chi connectivity index (χ0n) is 16.3. The van der Waals surface area contributed by atoms with Gasteiger partial charge in [0, 0.05) is 19.5 Å². The van der Waals surface area contributed by atoms with Crippen LogP contribution in [-0.2, 0) is 22.3 Å². The number of hydrogen-bond acceptors (Lipinski definition) is 3. The van der Waals surface area contributed by atoms with E-state index in [1.807, 2.05) is 28.8 Å². The number of amides is 2. The fourth-order valence-electron chi connectivity index (χ4n) is 3.14. The number of alkyl halides is 3. The second kappa shape index (κ2) is 8.98. The van der Waals surface area contributed by atoms with Crippen LogP contribution < -0.4 is 5.32 Å². The number of benzene rings is 2. The van der Waals surface area contributed by atoms with Crippen LogP contribution in [0.3, 0.4) is 0 Å². The number of halogens is 3. The number of carbonyl (C=O) groups is 2. The molecule has 0 unspecified atom stereocenters. The molecule has 158 valence electrons. The number of anilines is 1. The van der Waals surface area contributed by atoms with Crippen molar-refractivity contribution in [1.82, 2.24) is 14.5 Å². The van der Waals surface area contributed by atoms with Gasteiger partial charge in [-0.25, -0.2) is 4.98 Å². The largest absolute Gasteiger partial charge is 0.418 e. The van der Waals surface area contributed by atoms with Crippen LogP contribution in [0.2, 0.25) is 0 Å². The van der Waals surface area contributed by atoms with E-state index in [9.17, 15) is 22.8 Å². The standard InChI is InChI=1S/C21H21F3N4O2/c1-2-27(13-19(29)26-16-8-4-3-7-15(16)21(22,23)24)20(30)11-12-28-14-25-17-9-5-6-10-18(17)28/h3-10,14H,2,11-13H2,1H3,(H,26,29). The van der Waals surface area contributed by atoms with Crippen LogP contribution in [0.1, 0.15) is 18.9 Å². The molecule has 0 aliphatic carbocycles. The summed E-state index contributed by atoms with van der Waals surface area (Å²) in [5, 5.41) is 2.26. The van der Waals surface area contributed by atoms with Gasteiger partial charge in [0.15, 0.2) is 0 Å². The summed E-state index contributed by atoms with van der Waals surface area (Å²) in [6.07, 6.45) is -2.80. The van der Waals surface area contributed by atoms with Crippen molar-refractivity contribution in [2.75, 3.05) is 18.4 Å². The van der Waals surface area contributed by atoms with Crippen molar-refractivity contribution >= 4 is 28.5 Å². The molecule has 2 aromatic carbocycles. The molecule has 9 heteroatoms. The number of nitrogens with zero attached hydrogens (tertiary/aromatic N) is 3. The molecule has 0 bridgehead atoms. The van der Waals surface area contributed by atoms with E-state index in [1.54, 1.807) is 13.3 Å². The van der Waals surface area contributed by atoms with Gasteiger partial charge in [-0.3, -0.25) is 9.59 Å². The van der Waals surface area contributed by atoms with Crippen LogP contribution in [0.4, 0.5) is 18.9 Å². The van der Waals surface area contributed by atoms with Crippen LogP contribution in [0.15, 0.2) is 54.9 Å². The van der Waals surface area contributed by atoms with Crippen LogP contribution in [0.25, 0.3) is 11.0 Å². The van der Waals surface area contributed by atoms with E-state index in [-0.39, 0.29) is 31.1 Å². The van der Waals surface area contributed by atoms with Crippen molar-refractivity contribution in [3.63, 3.8) is 0 Å². The Kier molecular flexibility index (Phi) is 6.39. The van der Waals surface area contributed by atoms with Gasteiger partial charge in [0.25, 0.3) is 0 Å². The Hall–Kier alpha value is -3.36. The van der Waals surface area contributed by atoms with Gasteiger partial charge in [-0.05, 0) is 31.2 Å². The van der Waals surface area contributed by atoms with Crippen molar-refractivity contribution in [3.8, 4) is 0 Å². The van der Waals surface area contributed by atoms with Gasteiger partial charge in [0.2, 0.25) is 11.8 Å². The van der Waals surface area contributed by atoms with Crippen molar-refractivity contribution in [2.24, 2.45) is 0 Å². The summed E-state index contributed by atoms with van der Waals surface area (Å²) in [6.45, 7) is 2.03. The third-order valence-electron chi connectivity index (χ3n) is 4.67. The van der Waals surface area contributed by atoms with Crippen LogP contribution in [0, 0.1) is 0 Å². The lowest BCUT2D eigenvalue weighted by Gasteiger charge is -2.21. The fourth-order valence-corrected chi connectivity index (χ4v) is 3.14. The number of imidazole rings is 1. The molecule has 0 fully saturated rings. The van der Waals surface area contributed by atoms with E-state index in [4.69, 9.17) is 0 Å². The summed E-state index contributed by atoms with van der Waals surface area (Å²) in [7, 11) is 0. The van der Waals surface area contributed by atoms with Crippen LogP contribution >= 0.6 is 0 Å². The lowest BCUT2D eigenvalue weighted by Crippen LogP contribution is -2.38. The summed E-state index contributed by atoms with van der Waals surface area (Å²) in [5.41, 5.74) is 0.456. The molecule has 0 aliphatic heterocycles. The van der Waals surface area contributed by atoms with E-state index >= 15 is 0 Å². The summed E-state index contributed by atoms with van der Waals surface area (Å²) in [4.78, 5) is 30.4. The fraction of sp³-hybridized carbons (Fsp3) is 0.286. The highest BCUT2D eigenvalue weighted by Gasteiger charge is 2.33. The van der Waals surface area contributed by atoms with E-state index in [1.165, 1.54) is 23.1 Å². The third-order valence-corrected chi connectivity index (χ3v) is 4.67. The molecule has 1 N–H and O–H groups in total. The minimum Gasteiger partial charge on any atom is -0.334 e. The average molecular weight is 418 g/mol. The normalized spacial score (nSPS) is 11.5. The van der Waals surface area contributed by atoms with Crippen molar-refractivity contribution < 1.29 is 22.8 Å². The Balaban J connectivity index is 1.61. The second-order valence-corrected chi connectivity index (χ2v) is 6.68. The van der Waals surface area contributed by atoms with Gasteiger partial charge < -0.3 is 14.8 Å². The lowest BCUT2D eigenvalue weighted by atomic mass is 10.1. The first kappa shape index (κ1) is 21.4. The number of fused-ring (bicyclic) bond motifs is 1. The first-order valence-corrected chi connectivity index (χ1v) is 9.43. The van der Waals surface area contributed by atoms with Crippen LogP contribution in [-0.4, -0.2) is 39.4 Å². The number of aromatic nitrogens is 2. The van der Waals surface area contributed by atoms with E-state index in [0.717, 1.165) is 17.1 Å². The van der Waals surface area contributed by atoms with Crippen molar-refractivity contribution in [3.05, 3.63) is 60.4 Å². The Bertz CT molecular complexity index is 1050.